The number of nitrogens with zero attached hydrogens (tertiary/aromatic N) is 2. The van der Waals surface area contributed by atoms with E-state index in [1.165, 1.54) is 0 Å². The van der Waals surface area contributed by atoms with Gasteiger partial charge in [-0.25, -0.2) is 4.68 Å². The van der Waals surface area contributed by atoms with Crippen LogP contribution in [-0.4, -0.2) is 22.2 Å². The van der Waals surface area contributed by atoms with Gasteiger partial charge in [-0.15, -0.1) is 0 Å². The molecular weight excluding hydrogens is 336 g/mol. The zero-order valence-corrected chi connectivity index (χ0v) is 15.5. The molecule has 0 saturated carbocycles. The molecule has 1 heterocycles. The number of hydrogen-bond donors (Lipinski definition) is 2. The second-order valence-corrected chi connectivity index (χ2v) is 7.05. The van der Waals surface area contributed by atoms with Crippen LogP contribution >= 0.6 is 0 Å². The number of nitrogens with two attached hydrogens (primary N) is 1. The Morgan fingerprint density at radius 2 is 1.89 bits per heavy atom. The van der Waals surface area contributed by atoms with Crippen molar-refractivity contribution in [3.63, 3.8) is 0 Å². The van der Waals surface area contributed by atoms with Crippen molar-refractivity contribution in [2.75, 3.05) is 6.54 Å². The molecule has 1 atom stereocenters. The molecule has 3 aromatic rings. The summed E-state index contributed by atoms with van der Waals surface area (Å²) in [6.45, 7) is 2.45. The molecule has 2 aromatic carbocycles. The Morgan fingerprint density at radius 3 is 2.67 bits per heavy atom. The number of aryl methyl sites for hydroxylation is 1. The molecule has 0 spiro atoms. The molecule has 1 aliphatic rings. The van der Waals surface area contributed by atoms with E-state index in [9.17, 15) is 4.79 Å². The normalized spacial score (nSPS) is 14.0. The van der Waals surface area contributed by atoms with Crippen molar-refractivity contribution in [3.8, 4) is 5.69 Å². The van der Waals surface area contributed by atoms with Gasteiger partial charge in [-0.2, -0.15) is 5.10 Å². The van der Waals surface area contributed by atoms with Crippen LogP contribution in [0.15, 0.2) is 54.6 Å². The summed E-state index contributed by atoms with van der Waals surface area (Å²) in [5, 5.41) is 7.64. The number of hydrogen-bond acceptors (Lipinski definition) is 3. The number of fused-ring (bicyclic) bond motifs is 1. The third kappa shape index (κ3) is 3.38. The number of carbonyl (C=O) groups is 1. The lowest BCUT2D eigenvalue weighted by Gasteiger charge is -2.13. The van der Waals surface area contributed by atoms with Crippen LogP contribution in [0.3, 0.4) is 0 Å². The van der Waals surface area contributed by atoms with Gasteiger partial charge in [0.05, 0.1) is 5.69 Å². The summed E-state index contributed by atoms with van der Waals surface area (Å²) in [6, 6.07) is 17.7. The summed E-state index contributed by atoms with van der Waals surface area (Å²) in [5.74, 6) is -0.146. The van der Waals surface area contributed by atoms with Crippen molar-refractivity contribution in [3.05, 3.63) is 82.7 Å². The van der Waals surface area contributed by atoms with E-state index in [2.05, 4.69) is 23.4 Å². The van der Waals surface area contributed by atoms with Gasteiger partial charge in [-0.05, 0) is 43.4 Å². The van der Waals surface area contributed by atoms with Crippen LogP contribution in [0.2, 0.25) is 0 Å². The van der Waals surface area contributed by atoms with Crippen LogP contribution in [-0.2, 0) is 12.8 Å². The van der Waals surface area contributed by atoms with Crippen molar-refractivity contribution in [2.24, 2.45) is 5.73 Å². The summed E-state index contributed by atoms with van der Waals surface area (Å²) in [5.41, 5.74) is 12.2. The van der Waals surface area contributed by atoms with E-state index in [-0.39, 0.29) is 11.9 Å². The maximum atomic E-state index is 12.8. The Morgan fingerprint density at radius 1 is 1.15 bits per heavy atom. The first-order valence-electron chi connectivity index (χ1n) is 9.40. The topological polar surface area (TPSA) is 72.9 Å². The van der Waals surface area contributed by atoms with Crippen LogP contribution in [0.25, 0.3) is 5.69 Å². The lowest BCUT2D eigenvalue weighted by molar-refractivity contribution is 0.0945. The van der Waals surface area contributed by atoms with Gasteiger partial charge in [0.25, 0.3) is 5.91 Å². The molecule has 5 nitrogen and oxygen atoms in total. The van der Waals surface area contributed by atoms with E-state index in [1.54, 1.807) is 0 Å². The molecule has 1 amide bonds. The zero-order valence-electron chi connectivity index (χ0n) is 15.5. The highest BCUT2D eigenvalue weighted by molar-refractivity contribution is 5.94. The molecule has 4 rings (SSSR count). The average molecular weight is 360 g/mol. The zero-order chi connectivity index (χ0) is 18.8. The maximum absolute atomic E-state index is 12.8. The van der Waals surface area contributed by atoms with E-state index in [0.29, 0.717) is 12.2 Å². The molecule has 0 fully saturated rings. The highest BCUT2D eigenvalue weighted by Gasteiger charge is 2.27. The Bertz CT molecular complexity index is 962. The number of carbonyl (C=O) groups excluding carboxylic acids is 1. The van der Waals surface area contributed by atoms with Gasteiger partial charge < -0.3 is 11.1 Å². The first kappa shape index (κ1) is 17.5. The van der Waals surface area contributed by atoms with Gasteiger partial charge >= 0.3 is 0 Å². The molecule has 1 aromatic heterocycles. The fraction of sp³-hybridized carbons (Fsp3) is 0.273. The average Bonchev–Trinajstić information content (AvgIpc) is 3.30. The highest BCUT2D eigenvalue weighted by Crippen LogP contribution is 2.28. The Hall–Kier alpha value is -2.92. The molecule has 5 heteroatoms. The van der Waals surface area contributed by atoms with E-state index >= 15 is 0 Å². The number of rotatable bonds is 5. The molecule has 27 heavy (non-hydrogen) atoms. The lowest BCUT2D eigenvalue weighted by atomic mass is 10.1. The third-order valence-corrected chi connectivity index (χ3v) is 5.20. The predicted octanol–water partition coefficient (Wildman–Crippen LogP) is 3.10. The molecule has 0 radical (unpaired) electrons. The van der Waals surface area contributed by atoms with Crippen LogP contribution in [0.1, 0.15) is 45.3 Å². The van der Waals surface area contributed by atoms with Gasteiger partial charge in [0, 0.05) is 23.8 Å². The van der Waals surface area contributed by atoms with Gasteiger partial charge in [0.15, 0.2) is 5.69 Å². The summed E-state index contributed by atoms with van der Waals surface area (Å²) in [7, 11) is 0. The molecule has 1 unspecified atom stereocenters. The minimum atomic E-state index is -0.235. The van der Waals surface area contributed by atoms with E-state index < -0.39 is 0 Å². The molecule has 3 N–H and O–H groups in total. The first-order chi connectivity index (χ1) is 13.1. The molecule has 1 aliphatic carbocycles. The first-order valence-corrected chi connectivity index (χ1v) is 9.40. The smallest absolute Gasteiger partial charge is 0.272 e. The number of amides is 1. The standard InChI is InChI=1S/C22H24N4O/c1-15-8-5-6-12-19(15)26-20-13-7-11-17(20)21(25-26)22(27)24-14-18(23)16-9-3-2-4-10-16/h2-6,8-10,12,18H,7,11,13-14,23H2,1H3,(H,24,27). The number of aromatic nitrogens is 2. The van der Waals surface area contributed by atoms with Crippen molar-refractivity contribution in [1.29, 1.82) is 0 Å². The highest BCUT2D eigenvalue weighted by atomic mass is 16.2. The fourth-order valence-electron chi connectivity index (χ4n) is 3.72. The number of benzene rings is 2. The van der Waals surface area contributed by atoms with Gasteiger partial charge in [0.2, 0.25) is 0 Å². The monoisotopic (exact) mass is 360 g/mol. The summed E-state index contributed by atoms with van der Waals surface area (Å²) >= 11 is 0. The minimum absolute atomic E-state index is 0.146. The van der Waals surface area contributed by atoms with E-state index in [1.807, 2.05) is 53.2 Å². The van der Waals surface area contributed by atoms with E-state index in [4.69, 9.17) is 5.73 Å². The van der Waals surface area contributed by atoms with Crippen LogP contribution < -0.4 is 11.1 Å². The second-order valence-electron chi connectivity index (χ2n) is 7.05. The van der Waals surface area contributed by atoms with Gasteiger partial charge in [-0.3, -0.25) is 4.79 Å². The van der Waals surface area contributed by atoms with Crippen molar-refractivity contribution < 1.29 is 4.79 Å². The third-order valence-electron chi connectivity index (χ3n) is 5.20. The van der Waals surface area contributed by atoms with Crippen LogP contribution in [0.4, 0.5) is 0 Å². The number of nitrogens with one attached hydrogen (secondary N) is 1. The Labute approximate surface area is 159 Å². The fourth-order valence-corrected chi connectivity index (χ4v) is 3.72. The molecular formula is C22H24N4O. The predicted molar refractivity (Wildman–Crippen MR) is 106 cm³/mol. The Balaban J connectivity index is 1.56. The van der Waals surface area contributed by atoms with Gasteiger partial charge in [-0.1, -0.05) is 48.5 Å². The maximum Gasteiger partial charge on any atom is 0.272 e. The van der Waals surface area contributed by atoms with E-state index in [0.717, 1.165) is 47.3 Å². The van der Waals surface area contributed by atoms with Crippen molar-refractivity contribution >= 4 is 5.91 Å². The number of para-hydroxylation sites is 1. The largest absolute Gasteiger partial charge is 0.349 e. The SMILES string of the molecule is Cc1ccccc1-n1nc(C(=O)NCC(N)c2ccccc2)c2c1CCC2. The van der Waals surface area contributed by atoms with Gasteiger partial charge in [0.1, 0.15) is 0 Å². The van der Waals surface area contributed by atoms with Crippen LogP contribution in [0.5, 0.6) is 0 Å². The molecule has 138 valence electrons. The second kappa shape index (κ2) is 7.37. The van der Waals surface area contributed by atoms with Crippen molar-refractivity contribution in [2.45, 2.75) is 32.2 Å². The molecule has 0 bridgehead atoms. The molecule has 0 saturated heterocycles. The summed E-state index contributed by atoms with van der Waals surface area (Å²) in [4.78, 5) is 12.8. The van der Waals surface area contributed by atoms with Crippen LogP contribution in [0, 0.1) is 6.92 Å². The summed E-state index contributed by atoms with van der Waals surface area (Å²) < 4.78 is 1.95. The Kier molecular flexibility index (Phi) is 4.77. The quantitative estimate of drug-likeness (QED) is 0.734. The lowest BCUT2D eigenvalue weighted by Crippen LogP contribution is -2.32. The summed E-state index contributed by atoms with van der Waals surface area (Å²) in [6.07, 6.45) is 2.91. The van der Waals surface area contributed by atoms with Crippen molar-refractivity contribution in [1.82, 2.24) is 15.1 Å². The molecule has 0 aliphatic heterocycles. The minimum Gasteiger partial charge on any atom is -0.349 e.